The predicted molar refractivity (Wildman–Crippen MR) is 74.9 cm³/mol. The van der Waals surface area contributed by atoms with Crippen LogP contribution in [0.2, 0.25) is 0 Å². The van der Waals surface area contributed by atoms with Gasteiger partial charge in [0, 0.05) is 5.56 Å². The van der Waals surface area contributed by atoms with Gasteiger partial charge in [0.25, 0.3) is 0 Å². The summed E-state index contributed by atoms with van der Waals surface area (Å²) in [5.41, 5.74) is 0.685. The first-order valence-electron chi connectivity index (χ1n) is 6.53. The van der Waals surface area contributed by atoms with Crippen LogP contribution in [0.1, 0.15) is 11.1 Å². The van der Waals surface area contributed by atoms with Crippen molar-refractivity contribution in [1.82, 2.24) is 10.2 Å². The van der Waals surface area contributed by atoms with E-state index in [9.17, 15) is 13.2 Å². The van der Waals surface area contributed by atoms with E-state index in [0.29, 0.717) is 5.56 Å². The van der Waals surface area contributed by atoms with Gasteiger partial charge in [-0.2, -0.15) is 13.2 Å². The number of aromatic nitrogens is 2. The second kappa shape index (κ2) is 5.29. The third-order valence-electron chi connectivity index (χ3n) is 3.26. The molecule has 1 aromatic heterocycles. The van der Waals surface area contributed by atoms with Crippen molar-refractivity contribution in [3.05, 3.63) is 59.7 Å². The SMILES string of the molecule is Cc1ccccc1-c1nnc(-c2ccccc2C(F)(F)F)o1. The lowest BCUT2D eigenvalue weighted by molar-refractivity contribution is -0.137. The Balaban J connectivity index is 2.08. The third kappa shape index (κ3) is 2.59. The largest absolute Gasteiger partial charge is 0.417 e. The zero-order valence-electron chi connectivity index (χ0n) is 11.6. The molecule has 2 aromatic carbocycles. The van der Waals surface area contributed by atoms with E-state index in [4.69, 9.17) is 4.42 Å². The topological polar surface area (TPSA) is 38.9 Å². The Labute approximate surface area is 124 Å². The zero-order valence-corrected chi connectivity index (χ0v) is 11.6. The van der Waals surface area contributed by atoms with Gasteiger partial charge in [-0.05, 0) is 30.7 Å². The molecule has 6 heteroatoms. The van der Waals surface area contributed by atoms with E-state index in [0.717, 1.165) is 11.6 Å². The van der Waals surface area contributed by atoms with Gasteiger partial charge in [-0.1, -0.05) is 30.3 Å². The Bertz CT molecular complexity index is 809. The van der Waals surface area contributed by atoms with Crippen LogP contribution < -0.4 is 0 Å². The van der Waals surface area contributed by atoms with Crippen molar-refractivity contribution in [2.75, 3.05) is 0 Å². The molecule has 3 aromatic rings. The van der Waals surface area contributed by atoms with Crippen LogP contribution >= 0.6 is 0 Å². The molecule has 0 saturated heterocycles. The van der Waals surface area contributed by atoms with Gasteiger partial charge in [0.2, 0.25) is 11.8 Å². The van der Waals surface area contributed by atoms with Gasteiger partial charge in [0.05, 0.1) is 11.1 Å². The first-order chi connectivity index (χ1) is 10.5. The summed E-state index contributed by atoms with van der Waals surface area (Å²) in [4.78, 5) is 0. The normalized spacial score (nSPS) is 11.6. The summed E-state index contributed by atoms with van der Waals surface area (Å²) in [5, 5.41) is 7.62. The number of nitrogens with zero attached hydrogens (tertiary/aromatic N) is 2. The number of rotatable bonds is 2. The third-order valence-corrected chi connectivity index (χ3v) is 3.26. The molecule has 0 aliphatic heterocycles. The first-order valence-corrected chi connectivity index (χ1v) is 6.53. The fourth-order valence-electron chi connectivity index (χ4n) is 2.17. The van der Waals surface area contributed by atoms with Gasteiger partial charge in [0.1, 0.15) is 0 Å². The van der Waals surface area contributed by atoms with Gasteiger partial charge in [-0.3, -0.25) is 0 Å². The Hall–Kier alpha value is -2.63. The molecule has 0 aliphatic carbocycles. The molecule has 0 saturated carbocycles. The van der Waals surface area contributed by atoms with E-state index in [1.54, 1.807) is 12.1 Å². The van der Waals surface area contributed by atoms with E-state index in [2.05, 4.69) is 10.2 Å². The van der Waals surface area contributed by atoms with Crippen molar-refractivity contribution < 1.29 is 17.6 Å². The second-order valence-corrected chi connectivity index (χ2v) is 4.77. The van der Waals surface area contributed by atoms with Crippen molar-refractivity contribution in [1.29, 1.82) is 0 Å². The van der Waals surface area contributed by atoms with Crippen LogP contribution in [0.3, 0.4) is 0 Å². The van der Waals surface area contributed by atoms with Crippen molar-refractivity contribution in [3.8, 4) is 22.9 Å². The van der Waals surface area contributed by atoms with Crippen LogP contribution in [0.25, 0.3) is 22.9 Å². The molecule has 0 radical (unpaired) electrons. The summed E-state index contributed by atoms with van der Waals surface area (Å²) < 4.78 is 44.6. The van der Waals surface area contributed by atoms with E-state index in [1.165, 1.54) is 18.2 Å². The minimum absolute atomic E-state index is 0.123. The maximum atomic E-state index is 13.0. The Morgan fingerprint density at radius 3 is 2.00 bits per heavy atom. The first kappa shape index (κ1) is 14.3. The van der Waals surface area contributed by atoms with Crippen LogP contribution in [0, 0.1) is 6.92 Å². The number of benzene rings is 2. The van der Waals surface area contributed by atoms with E-state index >= 15 is 0 Å². The lowest BCUT2D eigenvalue weighted by atomic mass is 10.1. The Morgan fingerprint density at radius 1 is 0.818 bits per heavy atom. The monoisotopic (exact) mass is 304 g/mol. The average molecular weight is 304 g/mol. The molecular weight excluding hydrogens is 293 g/mol. The lowest BCUT2D eigenvalue weighted by Crippen LogP contribution is -2.06. The molecule has 3 rings (SSSR count). The minimum Gasteiger partial charge on any atom is -0.416 e. The van der Waals surface area contributed by atoms with Crippen molar-refractivity contribution >= 4 is 0 Å². The number of hydrogen-bond acceptors (Lipinski definition) is 3. The van der Waals surface area contributed by atoms with Gasteiger partial charge in [-0.25, -0.2) is 0 Å². The summed E-state index contributed by atoms with van der Waals surface area (Å²) in [6.07, 6.45) is -4.48. The smallest absolute Gasteiger partial charge is 0.416 e. The molecule has 3 nitrogen and oxygen atoms in total. The second-order valence-electron chi connectivity index (χ2n) is 4.77. The van der Waals surface area contributed by atoms with E-state index in [-0.39, 0.29) is 17.3 Å². The average Bonchev–Trinajstić information content (AvgIpc) is 2.96. The number of alkyl halides is 3. The van der Waals surface area contributed by atoms with Crippen molar-refractivity contribution in [2.24, 2.45) is 0 Å². The molecule has 0 fully saturated rings. The molecule has 22 heavy (non-hydrogen) atoms. The maximum Gasteiger partial charge on any atom is 0.417 e. The zero-order chi connectivity index (χ0) is 15.7. The quantitative estimate of drug-likeness (QED) is 0.687. The Kier molecular flexibility index (Phi) is 3.44. The highest BCUT2D eigenvalue weighted by molar-refractivity contribution is 5.63. The highest BCUT2D eigenvalue weighted by atomic mass is 19.4. The van der Waals surface area contributed by atoms with Crippen LogP contribution in [0.4, 0.5) is 13.2 Å². The molecule has 0 aliphatic rings. The standard InChI is InChI=1S/C16H11F3N2O/c1-10-6-2-3-7-11(10)14-20-21-15(22-14)12-8-4-5-9-13(12)16(17,18)19/h2-9H,1H3. The van der Waals surface area contributed by atoms with E-state index in [1.807, 2.05) is 19.1 Å². The summed E-state index contributed by atoms with van der Waals surface area (Å²) in [6, 6.07) is 12.4. The summed E-state index contributed by atoms with van der Waals surface area (Å²) in [6.45, 7) is 1.86. The summed E-state index contributed by atoms with van der Waals surface area (Å²) >= 11 is 0. The molecule has 0 amide bonds. The van der Waals surface area contributed by atoms with Crippen LogP contribution in [0.5, 0.6) is 0 Å². The van der Waals surface area contributed by atoms with Crippen LogP contribution in [-0.4, -0.2) is 10.2 Å². The molecule has 1 heterocycles. The van der Waals surface area contributed by atoms with Crippen LogP contribution in [-0.2, 0) is 6.18 Å². The Morgan fingerprint density at radius 2 is 1.36 bits per heavy atom. The maximum absolute atomic E-state index is 13.0. The van der Waals surface area contributed by atoms with Crippen molar-refractivity contribution in [2.45, 2.75) is 13.1 Å². The highest BCUT2D eigenvalue weighted by Crippen LogP contribution is 2.37. The molecular formula is C16H11F3N2O. The van der Waals surface area contributed by atoms with Gasteiger partial charge in [0.15, 0.2) is 0 Å². The number of halogens is 3. The summed E-state index contributed by atoms with van der Waals surface area (Å²) in [7, 11) is 0. The van der Waals surface area contributed by atoms with Gasteiger partial charge in [-0.15, -0.1) is 10.2 Å². The molecule has 0 spiro atoms. The fraction of sp³-hybridized carbons (Fsp3) is 0.125. The van der Waals surface area contributed by atoms with Gasteiger partial charge >= 0.3 is 6.18 Å². The van der Waals surface area contributed by atoms with Crippen molar-refractivity contribution in [3.63, 3.8) is 0 Å². The number of aryl methyl sites for hydroxylation is 1. The van der Waals surface area contributed by atoms with Gasteiger partial charge < -0.3 is 4.42 Å². The highest BCUT2D eigenvalue weighted by Gasteiger charge is 2.34. The molecule has 0 N–H and O–H groups in total. The fourth-order valence-corrected chi connectivity index (χ4v) is 2.17. The molecule has 0 bridgehead atoms. The molecule has 112 valence electrons. The minimum atomic E-state index is -4.48. The van der Waals surface area contributed by atoms with E-state index < -0.39 is 11.7 Å². The molecule has 0 atom stereocenters. The number of hydrogen-bond donors (Lipinski definition) is 0. The predicted octanol–water partition coefficient (Wildman–Crippen LogP) is 4.73. The summed E-state index contributed by atoms with van der Waals surface area (Å²) in [5.74, 6) is 0.0521. The molecule has 0 unspecified atom stereocenters. The lowest BCUT2D eigenvalue weighted by Gasteiger charge is -2.09. The van der Waals surface area contributed by atoms with Crippen LogP contribution in [0.15, 0.2) is 52.9 Å².